The standard InChI is InChI=1S/C56H97N2O6P/c1-6-8-10-12-14-16-18-19-20-21-22-23-24-25-26-27-28-29-30-31-32-33-34-35-36-37-38-39-40-42-44-46-48-50-56(60)57-54(53-64-65(61,62)63-52-51-58(3,4)5)55(59)49-47-45-43-41-17-15-13-11-9-7-2/h8,10,14,16,19-20,22-23,25-26,28-29,31-32,34-35,47,49,54-55,59H,6-7,9,11-13,15,17-18,21,24,27,30,33,36-46,48,50-53H2,1-5H3,(H-,57,60,61,62)/b10-8-,16-14-,20-19-,23-22-,26-25-,29-28-,32-31-,35-34-,49-47+. The van der Waals surface area contributed by atoms with Crippen molar-refractivity contribution < 1.29 is 32.9 Å². The Kier molecular flexibility index (Phi) is 44.3. The molecule has 0 saturated carbocycles. The van der Waals surface area contributed by atoms with Gasteiger partial charge in [0.1, 0.15) is 13.2 Å². The first kappa shape index (κ1) is 62.2. The van der Waals surface area contributed by atoms with Crippen LogP contribution < -0.4 is 10.2 Å². The summed E-state index contributed by atoms with van der Waals surface area (Å²) in [6.45, 7) is 4.48. The quantitative estimate of drug-likeness (QED) is 0.0273. The lowest BCUT2D eigenvalue weighted by molar-refractivity contribution is -0.870. The van der Waals surface area contributed by atoms with Gasteiger partial charge in [-0.05, 0) is 83.5 Å². The van der Waals surface area contributed by atoms with Gasteiger partial charge < -0.3 is 28.8 Å². The average molecular weight is 925 g/mol. The monoisotopic (exact) mass is 925 g/mol. The van der Waals surface area contributed by atoms with Crippen LogP contribution in [0.15, 0.2) is 109 Å². The zero-order valence-corrected chi connectivity index (χ0v) is 43.0. The number of hydrogen-bond donors (Lipinski definition) is 2. The number of nitrogens with one attached hydrogen (secondary N) is 1. The summed E-state index contributed by atoms with van der Waals surface area (Å²) < 4.78 is 23.2. The second kappa shape index (κ2) is 46.3. The number of aliphatic hydroxyl groups is 1. The zero-order valence-electron chi connectivity index (χ0n) is 42.1. The zero-order chi connectivity index (χ0) is 47.8. The minimum atomic E-state index is -4.60. The molecule has 2 N–H and O–H groups in total. The van der Waals surface area contributed by atoms with Gasteiger partial charge in [0, 0.05) is 6.42 Å². The van der Waals surface area contributed by atoms with Gasteiger partial charge in [-0.1, -0.05) is 207 Å². The highest BCUT2D eigenvalue weighted by molar-refractivity contribution is 7.45. The third-order valence-electron chi connectivity index (χ3n) is 10.7. The van der Waals surface area contributed by atoms with E-state index in [0.29, 0.717) is 17.4 Å². The van der Waals surface area contributed by atoms with E-state index >= 15 is 0 Å². The van der Waals surface area contributed by atoms with Crippen LogP contribution in [0.1, 0.15) is 187 Å². The van der Waals surface area contributed by atoms with Crippen LogP contribution in [0.25, 0.3) is 0 Å². The maximum atomic E-state index is 12.9. The number of hydrogen-bond acceptors (Lipinski definition) is 6. The van der Waals surface area contributed by atoms with Gasteiger partial charge in [0.15, 0.2) is 0 Å². The van der Waals surface area contributed by atoms with E-state index < -0.39 is 26.6 Å². The molecule has 0 aromatic rings. The van der Waals surface area contributed by atoms with Crippen LogP contribution in [-0.4, -0.2) is 68.5 Å². The number of rotatable bonds is 45. The molecule has 0 aromatic heterocycles. The summed E-state index contributed by atoms with van der Waals surface area (Å²) in [5, 5.41) is 13.8. The number of quaternary nitrogens is 1. The van der Waals surface area contributed by atoms with Crippen LogP contribution in [0.3, 0.4) is 0 Å². The van der Waals surface area contributed by atoms with Gasteiger partial charge in [0.2, 0.25) is 5.91 Å². The van der Waals surface area contributed by atoms with Crippen molar-refractivity contribution in [2.24, 2.45) is 0 Å². The molecule has 3 atom stereocenters. The number of likely N-dealkylation sites (N-methyl/N-ethyl adjacent to an activating group) is 1. The van der Waals surface area contributed by atoms with Crippen molar-refractivity contribution >= 4 is 13.7 Å². The van der Waals surface area contributed by atoms with E-state index in [1.165, 1.54) is 64.2 Å². The average Bonchev–Trinajstić information content (AvgIpc) is 3.26. The first-order chi connectivity index (χ1) is 31.5. The number of carbonyl (C=O) groups excluding carboxylic acids is 1. The summed E-state index contributed by atoms with van der Waals surface area (Å²) in [4.78, 5) is 25.3. The van der Waals surface area contributed by atoms with E-state index in [1.54, 1.807) is 6.08 Å². The molecule has 0 aliphatic rings. The lowest BCUT2D eigenvalue weighted by atomic mass is 10.1. The molecule has 0 aliphatic carbocycles. The molecule has 65 heavy (non-hydrogen) atoms. The van der Waals surface area contributed by atoms with Gasteiger partial charge in [0.25, 0.3) is 7.82 Å². The first-order valence-electron chi connectivity index (χ1n) is 25.7. The Hall–Kier alpha value is -2.84. The summed E-state index contributed by atoms with van der Waals surface area (Å²) >= 11 is 0. The van der Waals surface area contributed by atoms with Crippen molar-refractivity contribution in [1.29, 1.82) is 0 Å². The van der Waals surface area contributed by atoms with Crippen molar-refractivity contribution in [3.63, 3.8) is 0 Å². The molecular formula is C56H97N2O6P. The summed E-state index contributed by atoms with van der Waals surface area (Å²) in [6, 6.07) is -0.896. The van der Waals surface area contributed by atoms with E-state index in [4.69, 9.17) is 9.05 Å². The van der Waals surface area contributed by atoms with Crippen LogP contribution in [0.5, 0.6) is 0 Å². The number of nitrogens with zero attached hydrogens (tertiary/aromatic N) is 1. The lowest BCUT2D eigenvalue weighted by Gasteiger charge is -2.29. The predicted octanol–water partition coefficient (Wildman–Crippen LogP) is 14.6. The molecule has 0 rings (SSSR count). The maximum absolute atomic E-state index is 12.9. The van der Waals surface area contributed by atoms with Crippen molar-refractivity contribution in [1.82, 2.24) is 5.32 Å². The molecule has 3 unspecified atom stereocenters. The van der Waals surface area contributed by atoms with Crippen LogP contribution in [0.4, 0.5) is 0 Å². The number of carbonyl (C=O) groups is 1. The summed E-state index contributed by atoms with van der Waals surface area (Å²) in [7, 11) is 1.24. The van der Waals surface area contributed by atoms with Gasteiger partial charge in [0.05, 0.1) is 39.9 Å². The van der Waals surface area contributed by atoms with Crippen LogP contribution in [0, 0.1) is 0 Å². The van der Waals surface area contributed by atoms with Gasteiger partial charge in [-0.25, -0.2) is 0 Å². The molecule has 0 aromatic carbocycles. The molecule has 0 bridgehead atoms. The Morgan fingerprint density at radius 1 is 0.554 bits per heavy atom. The maximum Gasteiger partial charge on any atom is 0.268 e. The predicted molar refractivity (Wildman–Crippen MR) is 279 cm³/mol. The Bertz CT molecular complexity index is 1420. The highest BCUT2D eigenvalue weighted by Gasteiger charge is 2.23. The van der Waals surface area contributed by atoms with E-state index in [0.717, 1.165) is 103 Å². The summed E-state index contributed by atoms with van der Waals surface area (Å²) in [6.07, 6.45) is 67.3. The number of phosphoric acid groups is 1. The third kappa shape index (κ3) is 48.9. The van der Waals surface area contributed by atoms with E-state index in [9.17, 15) is 19.4 Å². The Morgan fingerprint density at radius 3 is 1.37 bits per heavy atom. The molecule has 0 fully saturated rings. The van der Waals surface area contributed by atoms with Crippen LogP contribution >= 0.6 is 7.82 Å². The normalized spacial score (nSPS) is 15.0. The molecule has 0 spiro atoms. The largest absolute Gasteiger partial charge is 0.756 e. The number of allylic oxidation sites excluding steroid dienone is 17. The van der Waals surface area contributed by atoms with Crippen molar-refractivity contribution in [3.8, 4) is 0 Å². The summed E-state index contributed by atoms with van der Waals surface area (Å²) in [5.41, 5.74) is 0. The molecular weight excluding hydrogens is 828 g/mol. The van der Waals surface area contributed by atoms with Crippen LogP contribution in [-0.2, 0) is 18.4 Å². The molecule has 372 valence electrons. The van der Waals surface area contributed by atoms with Gasteiger partial charge >= 0.3 is 0 Å². The fourth-order valence-electron chi connectivity index (χ4n) is 6.70. The fraction of sp³-hybridized carbons (Fsp3) is 0.661. The highest BCUT2D eigenvalue weighted by Crippen LogP contribution is 2.38. The minimum Gasteiger partial charge on any atom is -0.756 e. The second-order valence-electron chi connectivity index (χ2n) is 18.1. The molecule has 0 radical (unpaired) electrons. The van der Waals surface area contributed by atoms with Crippen molar-refractivity contribution in [2.45, 2.75) is 199 Å². The molecule has 9 heteroatoms. The van der Waals surface area contributed by atoms with E-state index in [2.05, 4.69) is 116 Å². The van der Waals surface area contributed by atoms with E-state index in [-0.39, 0.29) is 12.5 Å². The number of unbranched alkanes of at least 4 members (excludes halogenated alkanes) is 16. The smallest absolute Gasteiger partial charge is 0.268 e. The SMILES string of the molecule is CC/C=C\C/C=C\C/C=C\C/C=C\C/C=C\C/C=C\C/C=C\C/C=C\CCCCCCCCCCC(=O)NC(COP(=O)([O-])OCC[N+](C)(C)C)C(O)/C=C/CCCCCCCCCC. The molecule has 1 amide bonds. The Labute approximate surface area is 400 Å². The fourth-order valence-corrected chi connectivity index (χ4v) is 7.42. The Balaban J connectivity index is 4.16. The minimum absolute atomic E-state index is 0.00848. The molecule has 0 saturated heterocycles. The third-order valence-corrected chi connectivity index (χ3v) is 11.7. The number of phosphoric ester groups is 1. The van der Waals surface area contributed by atoms with Gasteiger partial charge in [-0.15, -0.1) is 0 Å². The van der Waals surface area contributed by atoms with E-state index in [1.807, 2.05) is 27.2 Å². The molecule has 0 aliphatic heterocycles. The highest BCUT2D eigenvalue weighted by atomic mass is 31.2. The van der Waals surface area contributed by atoms with Crippen molar-refractivity contribution in [2.75, 3.05) is 40.9 Å². The number of aliphatic hydroxyl groups excluding tert-OH is 1. The lowest BCUT2D eigenvalue weighted by Crippen LogP contribution is -2.45. The van der Waals surface area contributed by atoms with Crippen molar-refractivity contribution in [3.05, 3.63) is 109 Å². The van der Waals surface area contributed by atoms with Gasteiger partial charge in [-0.2, -0.15) is 0 Å². The van der Waals surface area contributed by atoms with Gasteiger partial charge in [-0.3, -0.25) is 9.36 Å². The number of amides is 1. The molecule has 0 heterocycles. The topological polar surface area (TPSA) is 108 Å². The van der Waals surface area contributed by atoms with Crippen LogP contribution in [0.2, 0.25) is 0 Å². The summed E-state index contributed by atoms with van der Waals surface area (Å²) in [5.74, 6) is -0.214. The first-order valence-corrected chi connectivity index (χ1v) is 27.2. The Morgan fingerprint density at radius 2 is 0.938 bits per heavy atom. The molecule has 8 nitrogen and oxygen atoms in total. The second-order valence-corrected chi connectivity index (χ2v) is 19.6.